The van der Waals surface area contributed by atoms with E-state index in [0.717, 1.165) is 45.8 Å². The summed E-state index contributed by atoms with van der Waals surface area (Å²) in [7, 11) is 0. The van der Waals surface area contributed by atoms with Gasteiger partial charge < -0.3 is 14.9 Å². The maximum Gasteiger partial charge on any atom is 0.224 e. The van der Waals surface area contributed by atoms with Crippen molar-refractivity contribution in [2.75, 3.05) is 11.9 Å². The molecule has 0 atom stereocenters. The fraction of sp³-hybridized carbons (Fsp3) is 0.400. The molecule has 7 nitrogen and oxygen atoms in total. The maximum atomic E-state index is 4.90. The molecule has 0 amide bonds. The number of H-pyrrole nitrogens is 1. The number of anilines is 1. The van der Waals surface area contributed by atoms with Crippen LogP contribution in [0, 0.1) is 12.8 Å². The van der Waals surface area contributed by atoms with Crippen molar-refractivity contribution < 1.29 is 0 Å². The Labute approximate surface area is 158 Å². The van der Waals surface area contributed by atoms with Crippen molar-refractivity contribution in [2.45, 2.75) is 40.7 Å². The molecule has 0 spiro atoms. The summed E-state index contributed by atoms with van der Waals surface area (Å²) in [6, 6.07) is 4.34. The molecule has 7 heteroatoms. The van der Waals surface area contributed by atoms with Gasteiger partial charge in [0, 0.05) is 35.9 Å². The van der Waals surface area contributed by atoms with Crippen LogP contribution in [0.1, 0.15) is 39.6 Å². The van der Waals surface area contributed by atoms with Gasteiger partial charge >= 0.3 is 0 Å². The number of fused-ring (bicyclic) bond motifs is 2. The largest absolute Gasteiger partial charge is 0.354 e. The quantitative estimate of drug-likeness (QED) is 0.551. The molecular weight excluding hydrogens is 338 g/mol. The van der Waals surface area contributed by atoms with Crippen LogP contribution < -0.4 is 5.32 Å². The number of pyridine rings is 1. The monoisotopic (exact) mass is 363 g/mol. The smallest absolute Gasteiger partial charge is 0.224 e. The first-order valence-electron chi connectivity index (χ1n) is 9.38. The van der Waals surface area contributed by atoms with E-state index in [1.807, 2.05) is 31.5 Å². The van der Waals surface area contributed by atoms with Crippen molar-refractivity contribution >= 4 is 28.1 Å². The molecule has 0 saturated carbocycles. The van der Waals surface area contributed by atoms with Gasteiger partial charge in [-0.3, -0.25) is 0 Å². The summed E-state index contributed by atoms with van der Waals surface area (Å²) < 4.78 is 2.16. The predicted octanol–water partition coefficient (Wildman–Crippen LogP) is 4.33. The van der Waals surface area contributed by atoms with Gasteiger partial charge in [-0.05, 0) is 38.8 Å². The highest BCUT2D eigenvalue weighted by Gasteiger charge is 2.15. The Morgan fingerprint density at radius 3 is 2.67 bits per heavy atom. The second-order valence-electron chi connectivity index (χ2n) is 7.59. The number of hydrogen-bond donors (Lipinski definition) is 2. The Balaban J connectivity index is 1.76. The third-order valence-corrected chi connectivity index (χ3v) is 4.61. The minimum Gasteiger partial charge on any atom is -0.354 e. The minimum absolute atomic E-state index is 0.304. The van der Waals surface area contributed by atoms with E-state index in [4.69, 9.17) is 4.98 Å². The fourth-order valence-electron chi connectivity index (χ4n) is 3.36. The SMILES string of the molecule is Cc1nc2ccc(-c3c[nH]c4nc(NCC(C)C)ncc34)nc2n1C(C)C. The number of aryl methyl sites for hydroxylation is 1. The van der Waals surface area contributed by atoms with Crippen LogP contribution in [0.3, 0.4) is 0 Å². The molecule has 4 aromatic rings. The van der Waals surface area contributed by atoms with Gasteiger partial charge in [0.1, 0.15) is 17.0 Å². The van der Waals surface area contributed by atoms with E-state index in [-0.39, 0.29) is 0 Å². The van der Waals surface area contributed by atoms with E-state index in [9.17, 15) is 0 Å². The van der Waals surface area contributed by atoms with Gasteiger partial charge in [0.25, 0.3) is 0 Å². The Morgan fingerprint density at radius 2 is 1.93 bits per heavy atom. The molecule has 0 fully saturated rings. The molecule has 27 heavy (non-hydrogen) atoms. The summed E-state index contributed by atoms with van der Waals surface area (Å²) in [5, 5.41) is 4.22. The molecule has 0 radical (unpaired) electrons. The molecule has 0 aromatic carbocycles. The van der Waals surface area contributed by atoms with Crippen molar-refractivity contribution in [1.82, 2.24) is 29.5 Å². The molecule has 4 heterocycles. The number of nitrogens with zero attached hydrogens (tertiary/aromatic N) is 5. The van der Waals surface area contributed by atoms with Crippen molar-refractivity contribution in [3.63, 3.8) is 0 Å². The van der Waals surface area contributed by atoms with E-state index in [1.54, 1.807) is 0 Å². The lowest BCUT2D eigenvalue weighted by Crippen LogP contribution is -2.10. The summed E-state index contributed by atoms with van der Waals surface area (Å²) in [5.41, 5.74) is 4.52. The summed E-state index contributed by atoms with van der Waals surface area (Å²) >= 11 is 0. The van der Waals surface area contributed by atoms with Crippen molar-refractivity contribution in [1.29, 1.82) is 0 Å². The van der Waals surface area contributed by atoms with Gasteiger partial charge in [0.05, 0.1) is 5.69 Å². The molecule has 0 bridgehead atoms. The Morgan fingerprint density at radius 1 is 1.11 bits per heavy atom. The lowest BCUT2D eigenvalue weighted by molar-refractivity contribution is 0.595. The third-order valence-electron chi connectivity index (χ3n) is 4.61. The number of imidazole rings is 1. The van der Waals surface area contributed by atoms with Crippen molar-refractivity contribution in [2.24, 2.45) is 5.92 Å². The highest BCUT2D eigenvalue weighted by molar-refractivity contribution is 5.93. The van der Waals surface area contributed by atoms with Crippen LogP contribution in [-0.2, 0) is 0 Å². The highest BCUT2D eigenvalue weighted by Crippen LogP contribution is 2.29. The van der Waals surface area contributed by atoms with Gasteiger partial charge in [0.15, 0.2) is 5.65 Å². The van der Waals surface area contributed by atoms with Crippen LogP contribution in [-0.4, -0.2) is 36.0 Å². The Kier molecular flexibility index (Phi) is 4.30. The standard InChI is InChI=1S/C20H25N7/c1-11(2)8-22-20-23-10-15-14(9-21-18(15)26-20)16-6-7-17-19(25-16)27(12(3)4)13(5)24-17/h6-7,9-12H,8H2,1-5H3,(H2,21,22,23,26). The summed E-state index contributed by atoms with van der Waals surface area (Å²) in [4.78, 5) is 21.8. The average molecular weight is 363 g/mol. The van der Waals surface area contributed by atoms with E-state index in [2.05, 4.69) is 57.5 Å². The third kappa shape index (κ3) is 3.13. The van der Waals surface area contributed by atoms with Gasteiger partial charge in [-0.1, -0.05) is 13.8 Å². The topological polar surface area (TPSA) is 84.3 Å². The molecule has 0 aliphatic carbocycles. The van der Waals surface area contributed by atoms with Crippen LogP contribution in [0.4, 0.5) is 5.95 Å². The zero-order valence-corrected chi connectivity index (χ0v) is 16.4. The summed E-state index contributed by atoms with van der Waals surface area (Å²) in [6.45, 7) is 11.5. The number of nitrogens with one attached hydrogen (secondary N) is 2. The zero-order chi connectivity index (χ0) is 19.1. The molecule has 140 valence electrons. The van der Waals surface area contributed by atoms with E-state index in [0.29, 0.717) is 17.9 Å². The number of aromatic nitrogens is 6. The first-order valence-corrected chi connectivity index (χ1v) is 9.38. The first-order chi connectivity index (χ1) is 12.9. The van der Waals surface area contributed by atoms with E-state index < -0.39 is 0 Å². The van der Waals surface area contributed by atoms with E-state index in [1.165, 1.54) is 0 Å². The predicted molar refractivity (Wildman–Crippen MR) is 109 cm³/mol. The second kappa shape index (κ2) is 6.64. The fourth-order valence-corrected chi connectivity index (χ4v) is 3.36. The molecule has 0 unspecified atom stereocenters. The molecule has 0 saturated heterocycles. The second-order valence-corrected chi connectivity index (χ2v) is 7.59. The van der Waals surface area contributed by atoms with Gasteiger partial charge in [-0.15, -0.1) is 0 Å². The average Bonchev–Trinajstić information content (AvgIpc) is 3.18. The zero-order valence-electron chi connectivity index (χ0n) is 16.4. The number of rotatable bonds is 5. The maximum absolute atomic E-state index is 4.90. The Bertz CT molecular complexity index is 1100. The van der Waals surface area contributed by atoms with Crippen molar-refractivity contribution in [3.8, 4) is 11.3 Å². The molecule has 0 aliphatic rings. The summed E-state index contributed by atoms with van der Waals surface area (Å²) in [5.74, 6) is 2.16. The number of aromatic amines is 1. The molecule has 0 aliphatic heterocycles. The van der Waals surface area contributed by atoms with Crippen LogP contribution in [0.15, 0.2) is 24.5 Å². The Hall–Kier alpha value is -2.96. The van der Waals surface area contributed by atoms with E-state index >= 15 is 0 Å². The molecule has 4 rings (SSSR count). The van der Waals surface area contributed by atoms with Crippen LogP contribution in [0.2, 0.25) is 0 Å². The van der Waals surface area contributed by atoms with Crippen LogP contribution >= 0.6 is 0 Å². The normalized spacial score (nSPS) is 12.0. The van der Waals surface area contributed by atoms with Gasteiger partial charge in [-0.2, -0.15) is 4.98 Å². The van der Waals surface area contributed by atoms with Gasteiger partial charge in [0.2, 0.25) is 5.95 Å². The lowest BCUT2D eigenvalue weighted by Gasteiger charge is -2.10. The van der Waals surface area contributed by atoms with Gasteiger partial charge in [-0.25, -0.2) is 15.0 Å². The van der Waals surface area contributed by atoms with Crippen LogP contribution in [0.25, 0.3) is 33.5 Å². The lowest BCUT2D eigenvalue weighted by atomic mass is 10.1. The molecular formula is C20H25N7. The minimum atomic E-state index is 0.304. The molecule has 4 aromatic heterocycles. The summed E-state index contributed by atoms with van der Waals surface area (Å²) in [6.07, 6.45) is 3.80. The van der Waals surface area contributed by atoms with Crippen LogP contribution in [0.5, 0.6) is 0 Å². The highest BCUT2D eigenvalue weighted by atomic mass is 15.1. The first kappa shape index (κ1) is 17.5. The van der Waals surface area contributed by atoms with Crippen molar-refractivity contribution in [3.05, 3.63) is 30.4 Å². The molecule has 2 N–H and O–H groups in total. The number of hydrogen-bond acceptors (Lipinski definition) is 5.